The van der Waals surface area contributed by atoms with Gasteiger partial charge >= 0.3 is 0 Å². The van der Waals surface area contributed by atoms with Crippen molar-refractivity contribution in [2.45, 2.75) is 0 Å². The van der Waals surface area contributed by atoms with Crippen LogP contribution in [0.5, 0.6) is 0 Å². The number of fused-ring (bicyclic) bond motifs is 7. The Balaban J connectivity index is 1.24. The summed E-state index contributed by atoms with van der Waals surface area (Å²) in [6, 6.07) is 55.1. The molecule has 42 heavy (non-hydrogen) atoms. The van der Waals surface area contributed by atoms with Crippen LogP contribution in [0.3, 0.4) is 0 Å². The molecular formula is C40H26N2. The van der Waals surface area contributed by atoms with E-state index in [-0.39, 0.29) is 0 Å². The molecule has 0 amide bonds. The Morgan fingerprint density at radius 2 is 1.07 bits per heavy atom. The van der Waals surface area contributed by atoms with Crippen LogP contribution in [0, 0.1) is 0 Å². The molecule has 0 fully saturated rings. The lowest BCUT2D eigenvalue weighted by molar-refractivity contribution is 1.14. The van der Waals surface area contributed by atoms with Crippen molar-refractivity contribution in [3.05, 3.63) is 158 Å². The van der Waals surface area contributed by atoms with E-state index in [1.807, 2.05) is 0 Å². The Labute approximate surface area is 243 Å². The SMILES string of the molecule is c1ccc(-n2c3ccc(-c4ccc5c(ccn5-c5cccc6ccccc56)c4)cc3c3ccc4ccccc4c32)cc1. The number of hydrogen-bond donors (Lipinski definition) is 0. The summed E-state index contributed by atoms with van der Waals surface area (Å²) in [6.07, 6.45) is 2.19. The van der Waals surface area contributed by atoms with Crippen molar-refractivity contribution in [3.8, 4) is 22.5 Å². The molecule has 2 nitrogen and oxygen atoms in total. The first-order valence-corrected chi connectivity index (χ1v) is 14.4. The number of rotatable bonds is 3. The fraction of sp³-hybridized carbons (Fsp3) is 0. The molecule has 0 atom stereocenters. The molecule has 7 aromatic carbocycles. The van der Waals surface area contributed by atoms with E-state index in [4.69, 9.17) is 0 Å². The Hall–Kier alpha value is -5.60. The number of hydrogen-bond acceptors (Lipinski definition) is 0. The summed E-state index contributed by atoms with van der Waals surface area (Å²) in [5.41, 5.74) is 8.52. The molecule has 9 aromatic rings. The van der Waals surface area contributed by atoms with Crippen molar-refractivity contribution in [3.63, 3.8) is 0 Å². The highest BCUT2D eigenvalue weighted by molar-refractivity contribution is 6.19. The Morgan fingerprint density at radius 3 is 1.93 bits per heavy atom. The van der Waals surface area contributed by atoms with Crippen LogP contribution in [0.2, 0.25) is 0 Å². The third kappa shape index (κ3) is 3.39. The van der Waals surface area contributed by atoms with Crippen molar-refractivity contribution in [2.24, 2.45) is 0 Å². The van der Waals surface area contributed by atoms with Crippen LogP contribution in [-0.2, 0) is 0 Å². The normalized spacial score (nSPS) is 11.8. The van der Waals surface area contributed by atoms with Crippen molar-refractivity contribution in [1.82, 2.24) is 9.13 Å². The summed E-state index contributed by atoms with van der Waals surface area (Å²) in [5, 5.41) is 8.82. The standard InChI is InChI=1S/C40H26N2/c1-2-12-32(13-3-1)42-39-22-19-30(26-36(39)35-20-17-28-10-5-7-15-34(28)40(35)42)29-18-21-37-31(25-29)23-24-41(37)38-16-8-11-27-9-4-6-14-33(27)38/h1-26H. The van der Waals surface area contributed by atoms with Gasteiger partial charge in [-0.2, -0.15) is 0 Å². The van der Waals surface area contributed by atoms with E-state index in [2.05, 4.69) is 167 Å². The third-order valence-electron chi connectivity index (χ3n) is 8.72. The second-order valence-corrected chi connectivity index (χ2v) is 11.0. The topological polar surface area (TPSA) is 9.86 Å². The molecule has 0 aliphatic rings. The zero-order valence-corrected chi connectivity index (χ0v) is 22.9. The highest BCUT2D eigenvalue weighted by Crippen LogP contribution is 2.39. The Kier molecular flexibility index (Phi) is 4.93. The molecule has 0 radical (unpaired) electrons. The maximum Gasteiger partial charge on any atom is 0.0619 e. The van der Waals surface area contributed by atoms with Crippen LogP contribution in [0.1, 0.15) is 0 Å². The first-order valence-electron chi connectivity index (χ1n) is 14.4. The summed E-state index contributed by atoms with van der Waals surface area (Å²) in [7, 11) is 0. The third-order valence-corrected chi connectivity index (χ3v) is 8.72. The lowest BCUT2D eigenvalue weighted by atomic mass is 10.0. The molecule has 0 unspecified atom stereocenters. The molecule has 2 heteroatoms. The molecule has 0 N–H and O–H groups in total. The highest BCUT2D eigenvalue weighted by atomic mass is 15.0. The van der Waals surface area contributed by atoms with E-state index >= 15 is 0 Å². The van der Waals surface area contributed by atoms with Crippen LogP contribution in [-0.4, -0.2) is 9.13 Å². The minimum atomic E-state index is 1.18. The smallest absolute Gasteiger partial charge is 0.0619 e. The summed E-state index contributed by atoms with van der Waals surface area (Å²) < 4.78 is 4.73. The minimum Gasteiger partial charge on any atom is -0.316 e. The average molecular weight is 535 g/mol. The van der Waals surface area contributed by atoms with E-state index in [0.29, 0.717) is 0 Å². The van der Waals surface area contributed by atoms with Crippen LogP contribution >= 0.6 is 0 Å². The summed E-state index contributed by atoms with van der Waals surface area (Å²) in [6.45, 7) is 0. The van der Waals surface area contributed by atoms with Gasteiger partial charge in [-0.1, -0.05) is 103 Å². The van der Waals surface area contributed by atoms with E-state index in [1.54, 1.807) is 0 Å². The first kappa shape index (κ1) is 23.1. The zero-order chi connectivity index (χ0) is 27.6. The molecule has 0 saturated carbocycles. The number of aromatic nitrogens is 2. The molecule has 196 valence electrons. The predicted octanol–water partition coefficient (Wildman–Crippen LogP) is 10.7. The summed E-state index contributed by atoms with van der Waals surface area (Å²) in [5.74, 6) is 0. The largest absolute Gasteiger partial charge is 0.316 e. The molecular weight excluding hydrogens is 508 g/mol. The van der Waals surface area contributed by atoms with Gasteiger partial charge in [0.15, 0.2) is 0 Å². The second-order valence-electron chi connectivity index (χ2n) is 11.0. The van der Waals surface area contributed by atoms with Gasteiger partial charge in [0.05, 0.1) is 22.2 Å². The quantitative estimate of drug-likeness (QED) is 0.213. The number of para-hydroxylation sites is 1. The van der Waals surface area contributed by atoms with Crippen LogP contribution in [0.25, 0.3) is 76.8 Å². The van der Waals surface area contributed by atoms with Crippen molar-refractivity contribution in [2.75, 3.05) is 0 Å². The maximum absolute atomic E-state index is 2.42. The molecule has 0 spiro atoms. The maximum atomic E-state index is 2.42. The lowest BCUT2D eigenvalue weighted by Gasteiger charge is -2.11. The predicted molar refractivity (Wildman–Crippen MR) is 178 cm³/mol. The first-order chi connectivity index (χ1) is 20.8. The van der Waals surface area contributed by atoms with Gasteiger partial charge in [0.1, 0.15) is 0 Å². The number of benzene rings is 7. The van der Waals surface area contributed by atoms with Gasteiger partial charge in [0, 0.05) is 38.8 Å². The monoisotopic (exact) mass is 534 g/mol. The van der Waals surface area contributed by atoms with Gasteiger partial charge in [0.25, 0.3) is 0 Å². The average Bonchev–Trinajstić information content (AvgIpc) is 3.63. The van der Waals surface area contributed by atoms with Gasteiger partial charge in [0.2, 0.25) is 0 Å². The molecule has 2 aromatic heterocycles. The number of nitrogens with zero attached hydrogens (tertiary/aromatic N) is 2. The van der Waals surface area contributed by atoms with Gasteiger partial charge < -0.3 is 9.13 Å². The van der Waals surface area contributed by atoms with E-state index < -0.39 is 0 Å². The van der Waals surface area contributed by atoms with Crippen molar-refractivity contribution in [1.29, 1.82) is 0 Å². The van der Waals surface area contributed by atoms with Crippen molar-refractivity contribution >= 4 is 54.3 Å². The summed E-state index contributed by atoms with van der Waals surface area (Å²) >= 11 is 0. The van der Waals surface area contributed by atoms with E-state index in [9.17, 15) is 0 Å². The molecule has 9 rings (SSSR count). The van der Waals surface area contributed by atoms with Gasteiger partial charge in [-0.15, -0.1) is 0 Å². The molecule has 2 heterocycles. The fourth-order valence-corrected chi connectivity index (χ4v) is 6.76. The van der Waals surface area contributed by atoms with Crippen LogP contribution in [0.4, 0.5) is 0 Å². The van der Waals surface area contributed by atoms with E-state index in [1.165, 1.54) is 76.8 Å². The van der Waals surface area contributed by atoms with Gasteiger partial charge in [-0.3, -0.25) is 0 Å². The van der Waals surface area contributed by atoms with Gasteiger partial charge in [-0.25, -0.2) is 0 Å². The summed E-state index contributed by atoms with van der Waals surface area (Å²) in [4.78, 5) is 0. The molecule has 0 aliphatic heterocycles. The van der Waals surface area contributed by atoms with E-state index in [0.717, 1.165) is 0 Å². The van der Waals surface area contributed by atoms with Crippen LogP contribution < -0.4 is 0 Å². The minimum absolute atomic E-state index is 1.18. The Morgan fingerprint density at radius 1 is 0.381 bits per heavy atom. The lowest BCUT2D eigenvalue weighted by Crippen LogP contribution is -1.94. The Bertz CT molecular complexity index is 2450. The second kappa shape index (κ2) is 8.95. The zero-order valence-electron chi connectivity index (χ0n) is 22.9. The highest BCUT2D eigenvalue weighted by Gasteiger charge is 2.16. The van der Waals surface area contributed by atoms with Gasteiger partial charge in [-0.05, 0) is 70.4 Å². The van der Waals surface area contributed by atoms with Crippen molar-refractivity contribution < 1.29 is 0 Å². The molecule has 0 aliphatic carbocycles. The molecule has 0 bridgehead atoms. The molecule has 0 saturated heterocycles. The van der Waals surface area contributed by atoms with Crippen LogP contribution in [0.15, 0.2) is 158 Å². The fourth-order valence-electron chi connectivity index (χ4n) is 6.76.